The van der Waals surface area contributed by atoms with Crippen LogP contribution in [0.4, 0.5) is 5.69 Å². The Hall–Kier alpha value is -4.12. The molecule has 1 amide bonds. The molecule has 0 bridgehead atoms. The van der Waals surface area contributed by atoms with Crippen LogP contribution in [0.25, 0.3) is 0 Å². The van der Waals surface area contributed by atoms with Gasteiger partial charge in [-0.05, 0) is 42.7 Å². The van der Waals surface area contributed by atoms with Gasteiger partial charge in [-0.3, -0.25) is 19.5 Å². The third kappa shape index (κ3) is 6.00. The van der Waals surface area contributed by atoms with Crippen LogP contribution in [0.1, 0.15) is 43.5 Å². The molecule has 3 aromatic rings. The maximum Gasteiger partial charge on any atom is 0.308 e. The summed E-state index contributed by atoms with van der Waals surface area (Å²) in [7, 11) is 3.47. The highest BCUT2D eigenvalue weighted by atomic mass is 16.7. The molecule has 2 aromatic heterocycles. The van der Waals surface area contributed by atoms with Crippen molar-refractivity contribution in [2.45, 2.75) is 44.6 Å². The number of aryl methyl sites for hydroxylation is 2. The molecule has 1 N–H and O–H groups in total. The van der Waals surface area contributed by atoms with E-state index in [9.17, 15) is 14.7 Å². The standard InChI is InChI=1S/C30H37N5O6/c1-4-5-12-35(21-7-6-10-31-16-21)27(36)18-34-17-22(20-14-24(39-3)29-25(15-20)40-19-41-29)28(30(37)38)23(34)8-9-26-32-11-13-33(26)2/h6-7,10-11,13-16,22-23,28H,4-5,8-9,12,17-19H2,1-3H3,(H,37,38)/t22-,23+,28-/m1/s1. The monoisotopic (exact) mass is 563 g/mol. The van der Waals surface area contributed by atoms with Crippen LogP contribution in [0.2, 0.25) is 0 Å². The number of aliphatic carboxylic acids is 1. The van der Waals surface area contributed by atoms with Crippen molar-refractivity contribution in [3.8, 4) is 17.2 Å². The Morgan fingerprint density at radius 1 is 1.24 bits per heavy atom. The molecule has 0 radical (unpaired) electrons. The molecule has 4 heterocycles. The third-order valence-electron chi connectivity index (χ3n) is 8.06. The van der Waals surface area contributed by atoms with Crippen LogP contribution in [0.3, 0.4) is 0 Å². The molecule has 11 nitrogen and oxygen atoms in total. The van der Waals surface area contributed by atoms with Crippen molar-refractivity contribution in [2.24, 2.45) is 13.0 Å². The summed E-state index contributed by atoms with van der Waals surface area (Å²) in [5.41, 5.74) is 1.52. The van der Waals surface area contributed by atoms with Gasteiger partial charge in [0, 0.05) is 57.1 Å². The zero-order chi connectivity index (χ0) is 28.9. The quantitative estimate of drug-likeness (QED) is 0.353. The molecule has 0 spiro atoms. The van der Waals surface area contributed by atoms with Gasteiger partial charge in [0.1, 0.15) is 5.82 Å². The van der Waals surface area contributed by atoms with Gasteiger partial charge in [-0.25, -0.2) is 4.98 Å². The van der Waals surface area contributed by atoms with Gasteiger partial charge in [-0.1, -0.05) is 13.3 Å². The van der Waals surface area contributed by atoms with E-state index >= 15 is 0 Å². The number of pyridine rings is 1. The Morgan fingerprint density at radius 3 is 2.78 bits per heavy atom. The van der Waals surface area contributed by atoms with E-state index in [1.165, 1.54) is 0 Å². The molecule has 1 aromatic carbocycles. The zero-order valence-corrected chi connectivity index (χ0v) is 23.7. The summed E-state index contributed by atoms with van der Waals surface area (Å²) in [4.78, 5) is 39.2. The van der Waals surface area contributed by atoms with Crippen LogP contribution < -0.4 is 19.1 Å². The molecule has 1 fully saturated rings. The van der Waals surface area contributed by atoms with E-state index in [4.69, 9.17) is 14.2 Å². The van der Waals surface area contributed by atoms with Gasteiger partial charge in [0.15, 0.2) is 11.5 Å². The second kappa shape index (κ2) is 12.6. The van der Waals surface area contributed by atoms with Gasteiger partial charge in [0.05, 0.1) is 31.5 Å². The SMILES string of the molecule is CCCCN(C(=O)CN1C[C@H](c2cc(OC)c3c(c2)OCO3)[C@@H](C(=O)O)[C@@H]1CCc1nccn1C)c1cccnc1. The molecule has 11 heteroatoms. The number of carbonyl (C=O) groups excluding carboxylic acids is 1. The number of unbranched alkanes of at least 4 members (excludes halogenated alkanes) is 1. The Balaban J connectivity index is 1.47. The van der Waals surface area contributed by atoms with Gasteiger partial charge >= 0.3 is 5.97 Å². The number of methoxy groups -OCH3 is 1. The fourth-order valence-electron chi connectivity index (χ4n) is 5.96. The Labute approximate surface area is 239 Å². The van der Waals surface area contributed by atoms with Crippen LogP contribution in [0.5, 0.6) is 17.2 Å². The minimum absolute atomic E-state index is 0.0804. The third-order valence-corrected chi connectivity index (χ3v) is 8.06. The average molecular weight is 564 g/mol. The first-order valence-electron chi connectivity index (χ1n) is 14.0. The zero-order valence-electron chi connectivity index (χ0n) is 23.7. The van der Waals surface area contributed by atoms with Gasteiger partial charge in [0.2, 0.25) is 18.4 Å². The van der Waals surface area contributed by atoms with Crippen molar-refractivity contribution in [3.63, 3.8) is 0 Å². The molecule has 2 aliphatic rings. The minimum Gasteiger partial charge on any atom is -0.493 e. The Bertz CT molecular complexity index is 1360. The number of fused-ring (bicyclic) bond motifs is 1. The number of amides is 1. The van der Waals surface area contributed by atoms with E-state index in [1.54, 1.807) is 30.6 Å². The first kappa shape index (κ1) is 28.4. The maximum absolute atomic E-state index is 13.8. The number of carboxylic acids is 1. The van der Waals surface area contributed by atoms with Crippen molar-refractivity contribution >= 4 is 17.6 Å². The predicted molar refractivity (Wildman–Crippen MR) is 151 cm³/mol. The summed E-state index contributed by atoms with van der Waals surface area (Å²) in [5, 5.41) is 10.6. The number of rotatable bonds is 12. The molecule has 3 atom stereocenters. The summed E-state index contributed by atoms with van der Waals surface area (Å²) >= 11 is 0. The number of imidazole rings is 1. The van der Waals surface area contributed by atoms with Gasteiger partial charge in [0.25, 0.3) is 0 Å². The number of aromatic nitrogens is 3. The Kier molecular flexibility index (Phi) is 8.72. The van der Waals surface area contributed by atoms with E-state index in [1.807, 2.05) is 47.0 Å². The number of hydrogen-bond donors (Lipinski definition) is 1. The van der Waals surface area contributed by atoms with E-state index in [0.29, 0.717) is 43.2 Å². The lowest BCUT2D eigenvalue weighted by Gasteiger charge is -2.29. The average Bonchev–Trinajstić information content (AvgIpc) is 3.70. The van der Waals surface area contributed by atoms with Crippen molar-refractivity contribution in [3.05, 3.63) is 60.4 Å². The number of hydrogen-bond acceptors (Lipinski definition) is 8. The highest BCUT2D eigenvalue weighted by molar-refractivity contribution is 5.94. The highest BCUT2D eigenvalue weighted by Crippen LogP contribution is 2.47. The molecular weight excluding hydrogens is 526 g/mol. The Morgan fingerprint density at radius 2 is 2.10 bits per heavy atom. The smallest absolute Gasteiger partial charge is 0.308 e. The van der Waals surface area contributed by atoms with Gasteiger partial charge < -0.3 is 28.8 Å². The van der Waals surface area contributed by atoms with Crippen LogP contribution in [0.15, 0.2) is 49.1 Å². The normalized spacial score (nSPS) is 19.8. The molecule has 5 rings (SSSR count). The lowest BCUT2D eigenvalue weighted by molar-refractivity contribution is -0.143. The number of carboxylic acid groups (broad SMARTS) is 1. The molecular formula is C30H37N5O6. The molecule has 0 saturated carbocycles. The molecule has 218 valence electrons. The number of ether oxygens (including phenoxy) is 3. The number of likely N-dealkylation sites (tertiary alicyclic amines) is 1. The second-order valence-corrected chi connectivity index (χ2v) is 10.5. The number of carbonyl (C=O) groups is 2. The summed E-state index contributed by atoms with van der Waals surface area (Å²) in [6.07, 6.45) is 9.90. The molecule has 2 aliphatic heterocycles. The van der Waals surface area contributed by atoms with Crippen molar-refractivity contribution in [1.82, 2.24) is 19.4 Å². The first-order valence-corrected chi connectivity index (χ1v) is 14.0. The van der Waals surface area contributed by atoms with Crippen molar-refractivity contribution in [1.29, 1.82) is 0 Å². The van der Waals surface area contributed by atoms with Crippen molar-refractivity contribution < 1.29 is 28.9 Å². The predicted octanol–water partition coefficient (Wildman–Crippen LogP) is 3.49. The summed E-state index contributed by atoms with van der Waals surface area (Å²) < 4.78 is 18.7. The first-order chi connectivity index (χ1) is 19.9. The summed E-state index contributed by atoms with van der Waals surface area (Å²) in [6.45, 7) is 3.22. The van der Waals surface area contributed by atoms with E-state index < -0.39 is 23.8 Å². The lowest BCUT2D eigenvalue weighted by Crippen LogP contribution is -2.44. The van der Waals surface area contributed by atoms with E-state index in [2.05, 4.69) is 16.9 Å². The van der Waals surface area contributed by atoms with Gasteiger partial charge in [-0.15, -0.1) is 0 Å². The summed E-state index contributed by atoms with van der Waals surface area (Å²) in [6, 6.07) is 6.98. The summed E-state index contributed by atoms with van der Waals surface area (Å²) in [5.74, 6) is 0.290. The van der Waals surface area contributed by atoms with Gasteiger partial charge in [-0.2, -0.15) is 0 Å². The molecule has 0 unspecified atom stereocenters. The van der Waals surface area contributed by atoms with Crippen LogP contribution in [-0.2, 0) is 23.1 Å². The molecule has 41 heavy (non-hydrogen) atoms. The largest absolute Gasteiger partial charge is 0.493 e. The van der Waals surface area contributed by atoms with Crippen LogP contribution in [-0.4, -0.2) is 76.0 Å². The number of anilines is 1. The fraction of sp³-hybridized carbons (Fsp3) is 0.467. The molecule has 0 aliphatic carbocycles. The number of benzene rings is 1. The minimum atomic E-state index is -0.901. The highest BCUT2D eigenvalue weighted by Gasteiger charge is 2.47. The van der Waals surface area contributed by atoms with E-state index in [-0.39, 0.29) is 19.2 Å². The fourth-order valence-corrected chi connectivity index (χ4v) is 5.96. The molecule has 1 saturated heterocycles. The maximum atomic E-state index is 13.8. The van der Waals surface area contributed by atoms with Crippen LogP contribution in [0, 0.1) is 5.92 Å². The van der Waals surface area contributed by atoms with Crippen LogP contribution >= 0.6 is 0 Å². The lowest BCUT2D eigenvalue weighted by atomic mass is 9.83. The second-order valence-electron chi connectivity index (χ2n) is 10.5. The van der Waals surface area contributed by atoms with Crippen molar-refractivity contribution in [2.75, 3.05) is 38.4 Å². The topological polar surface area (TPSA) is 119 Å². The number of nitrogens with zero attached hydrogens (tertiary/aromatic N) is 5. The van der Waals surface area contributed by atoms with E-state index in [0.717, 1.165) is 29.9 Å².